The fraction of sp³-hybridized carbons (Fsp3) is 0.400. The van der Waals surface area contributed by atoms with Gasteiger partial charge in [-0.05, 0) is 37.0 Å². The summed E-state index contributed by atoms with van der Waals surface area (Å²) >= 11 is 0. The summed E-state index contributed by atoms with van der Waals surface area (Å²) in [5.74, 6) is -1.33. The smallest absolute Gasteiger partial charge is 0.258 e. The van der Waals surface area contributed by atoms with Crippen molar-refractivity contribution in [1.82, 2.24) is 9.97 Å². The molecule has 152 valence electrons. The third-order valence-corrected chi connectivity index (χ3v) is 5.43. The summed E-state index contributed by atoms with van der Waals surface area (Å²) in [4.78, 5) is 46.9. The Morgan fingerprint density at radius 2 is 2.03 bits per heavy atom. The van der Waals surface area contributed by atoms with Crippen molar-refractivity contribution in [2.75, 3.05) is 28.6 Å². The van der Waals surface area contributed by atoms with Gasteiger partial charge < -0.3 is 15.5 Å². The second-order valence-corrected chi connectivity index (χ2v) is 7.63. The number of piperidine rings is 1. The molecule has 1 fully saturated rings. The molecule has 3 heterocycles. The predicted octanol–water partition coefficient (Wildman–Crippen LogP) is 2.21. The highest BCUT2D eigenvalue weighted by atomic mass is 19.1. The van der Waals surface area contributed by atoms with Gasteiger partial charge in [0.25, 0.3) is 5.56 Å². The van der Waals surface area contributed by atoms with Crippen molar-refractivity contribution in [3.63, 3.8) is 0 Å². The fourth-order valence-corrected chi connectivity index (χ4v) is 3.75. The average molecular weight is 399 g/mol. The van der Waals surface area contributed by atoms with E-state index in [-0.39, 0.29) is 23.5 Å². The SMILES string of the molecule is CC1CCN(c2nc3c(c(=O)[nH]2)[C@H](C(=O)Nc2cccc(F)c2)CC(=O)N3)CC1. The normalized spacial score (nSPS) is 19.4. The van der Waals surface area contributed by atoms with E-state index in [0.29, 0.717) is 11.9 Å². The van der Waals surface area contributed by atoms with Gasteiger partial charge in [0.15, 0.2) is 0 Å². The molecule has 0 unspecified atom stereocenters. The maximum Gasteiger partial charge on any atom is 0.258 e. The minimum Gasteiger partial charge on any atom is -0.342 e. The number of nitrogens with zero attached hydrogens (tertiary/aromatic N) is 2. The monoisotopic (exact) mass is 399 g/mol. The Bertz CT molecular complexity index is 1010. The van der Waals surface area contributed by atoms with Crippen LogP contribution in [0.3, 0.4) is 0 Å². The lowest BCUT2D eigenvalue weighted by Gasteiger charge is -2.31. The average Bonchev–Trinajstić information content (AvgIpc) is 2.67. The number of carbonyl (C=O) groups excluding carboxylic acids is 2. The third-order valence-electron chi connectivity index (χ3n) is 5.43. The number of aromatic amines is 1. The molecule has 9 heteroatoms. The van der Waals surface area contributed by atoms with Crippen LogP contribution in [0.25, 0.3) is 0 Å². The molecule has 1 aromatic carbocycles. The molecule has 1 aromatic heterocycles. The second kappa shape index (κ2) is 7.65. The standard InChI is InChI=1S/C20H22FN5O3/c1-11-5-7-26(8-6-11)20-24-17-16(19(29)25-20)14(10-15(27)23-17)18(28)22-13-4-2-3-12(21)9-13/h2-4,9,11,14H,5-8,10H2,1H3,(H,22,28)(H2,23,24,25,27,29)/t14-/m1/s1. The molecule has 0 spiro atoms. The highest BCUT2D eigenvalue weighted by molar-refractivity contribution is 6.04. The number of halogens is 1. The zero-order valence-electron chi connectivity index (χ0n) is 16.0. The number of amides is 2. The van der Waals surface area contributed by atoms with Crippen LogP contribution in [0.1, 0.15) is 37.7 Å². The minimum atomic E-state index is -1.01. The topological polar surface area (TPSA) is 107 Å². The molecule has 1 atom stereocenters. The fourth-order valence-electron chi connectivity index (χ4n) is 3.75. The zero-order chi connectivity index (χ0) is 20.5. The van der Waals surface area contributed by atoms with Crippen molar-refractivity contribution in [1.29, 1.82) is 0 Å². The molecule has 2 aromatic rings. The van der Waals surface area contributed by atoms with Gasteiger partial charge in [-0.1, -0.05) is 13.0 Å². The van der Waals surface area contributed by atoms with Gasteiger partial charge >= 0.3 is 0 Å². The number of carbonyl (C=O) groups is 2. The number of fused-ring (bicyclic) bond motifs is 1. The quantitative estimate of drug-likeness (QED) is 0.734. The Balaban J connectivity index is 1.63. The number of rotatable bonds is 3. The molecule has 3 N–H and O–H groups in total. The summed E-state index contributed by atoms with van der Waals surface area (Å²) in [7, 11) is 0. The molecule has 4 rings (SSSR count). The minimum absolute atomic E-state index is 0.109. The van der Waals surface area contributed by atoms with E-state index in [2.05, 4.69) is 27.5 Å². The highest BCUT2D eigenvalue weighted by Gasteiger charge is 2.35. The Morgan fingerprint density at radius 3 is 2.76 bits per heavy atom. The Kier molecular flexibility index (Phi) is 5.04. The van der Waals surface area contributed by atoms with Crippen LogP contribution in [-0.4, -0.2) is 34.9 Å². The largest absolute Gasteiger partial charge is 0.342 e. The van der Waals surface area contributed by atoms with Crippen LogP contribution >= 0.6 is 0 Å². The second-order valence-electron chi connectivity index (χ2n) is 7.63. The molecule has 0 aliphatic carbocycles. The van der Waals surface area contributed by atoms with Crippen LogP contribution in [0.15, 0.2) is 29.1 Å². The van der Waals surface area contributed by atoms with Crippen LogP contribution in [-0.2, 0) is 9.59 Å². The first-order chi connectivity index (χ1) is 13.9. The van der Waals surface area contributed by atoms with Gasteiger partial charge in [-0.2, -0.15) is 4.98 Å². The van der Waals surface area contributed by atoms with E-state index in [4.69, 9.17) is 0 Å². The molecule has 0 saturated carbocycles. The molecule has 0 radical (unpaired) electrons. The van der Waals surface area contributed by atoms with Gasteiger partial charge in [-0.15, -0.1) is 0 Å². The number of nitrogens with one attached hydrogen (secondary N) is 3. The van der Waals surface area contributed by atoms with Crippen LogP contribution < -0.4 is 21.1 Å². The first-order valence-corrected chi connectivity index (χ1v) is 9.66. The summed E-state index contributed by atoms with van der Waals surface area (Å²) in [5, 5.41) is 5.18. The lowest BCUT2D eigenvalue weighted by atomic mass is 9.92. The molecule has 8 nitrogen and oxygen atoms in total. The predicted molar refractivity (Wildman–Crippen MR) is 106 cm³/mol. The molecular weight excluding hydrogens is 377 g/mol. The van der Waals surface area contributed by atoms with Crippen molar-refractivity contribution in [2.45, 2.75) is 32.1 Å². The molecular formula is C20H22FN5O3. The van der Waals surface area contributed by atoms with E-state index >= 15 is 0 Å². The molecule has 2 amide bonds. The maximum atomic E-state index is 13.4. The van der Waals surface area contributed by atoms with E-state index in [1.165, 1.54) is 24.3 Å². The van der Waals surface area contributed by atoms with Gasteiger partial charge in [0.2, 0.25) is 17.8 Å². The van der Waals surface area contributed by atoms with Gasteiger partial charge in [0, 0.05) is 25.2 Å². The molecule has 0 bridgehead atoms. The van der Waals surface area contributed by atoms with Gasteiger partial charge in [0.1, 0.15) is 11.6 Å². The van der Waals surface area contributed by atoms with Gasteiger partial charge in [-0.3, -0.25) is 19.4 Å². The summed E-state index contributed by atoms with van der Waals surface area (Å²) < 4.78 is 13.4. The Hall–Kier alpha value is -3.23. The van der Waals surface area contributed by atoms with Crippen LogP contribution in [0, 0.1) is 11.7 Å². The van der Waals surface area contributed by atoms with Crippen molar-refractivity contribution in [3.05, 3.63) is 46.0 Å². The van der Waals surface area contributed by atoms with Gasteiger partial charge in [0.05, 0.1) is 11.5 Å². The van der Waals surface area contributed by atoms with Crippen molar-refractivity contribution in [2.24, 2.45) is 5.92 Å². The van der Waals surface area contributed by atoms with Crippen molar-refractivity contribution < 1.29 is 14.0 Å². The van der Waals surface area contributed by atoms with E-state index in [9.17, 15) is 18.8 Å². The summed E-state index contributed by atoms with van der Waals surface area (Å²) in [6.07, 6.45) is 1.80. The number of H-pyrrole nitrogens is 1. The van der Waals surface area contributed by atoms with E-state index in [1.807, 2.05) is 4.90 Å². The molecule has 2 aliphatic heterocycles. The highest BCUT2D eigenvalue weighted by Crippen LogP contribution is 2.31. The zero-order valence-corrected chi connectivity index (χ0v) is 16.0. The number of hydrogen-bond acceptors (Lipinski definition) is 5. The number of benzene rings is 1. The van der Waals surface area contributed by atoms with E-state index in [1.54, 1.807) is 0 Å². The molecule has 29 heavy (non-hydrogen) atoms. The summed E-state index contributed by atoms with van der Waals surface area (Å²) in [6, 6.07) is 5.43. The van der Waals surface area contributed by atoms with Crippen LogP contribution in [0.2, 0.25) is 0 Å². The lowest BCUT2D eigenvalue weighted by Crippen LogP contribution is -2.39. The summed E-state index contributed by atoms with van der Waals surface area (Å²) in [5.41, 5.74) is -0.0818. The van der Waals surface area contributed by atoms with E-state index < -0.39 is 29.1 Å². The van der Waals surface area contributed by atoms with Crippen LogP contribution in [0.5, 0.6) is 0 Å². The van der Waals surface area contributed by atoms with Crippen LogP contribution in [0.4, 0.5) is 21.8 Å². The Labute approximate surface area is 166 Å². The number of anilines is 3. The molecule has 1 saturated heterocycles. The van der Waals surface area contributed by atoms with E-state index in [0.717, 1.165) is 25.9 Å². The third kappa shape index (κ3) is 3.98. The van der Waals surface area contributed by atoms with Gasteiger partial charge in [-0.25, -0.2) is 4.39 Å². The Morgan fingerprint density at radius 1 is 1.28 bits per heavy atom. The number of hydrogen-bond donors (Lipinski definition) is 3. The summed E-state index contributed by atoms with van der Waals surface area (Å²) in [6.45, 7) is 3.71. The maximum absolute atomic E-state index is 13.4. The first kappa shape index (κ1) is 19.1. The van der Waals surface area contributed by atoms with Crippen molar-refractivity contribution >= 4 is 29.3 Å². The lowest BCUT2D eigenvalue weighted by molar-refractivity contribution is -0.123. The number of aromatic nitrogens is 2. The van der Waals surface area contributed by atoms with Crippen molar-refractivity contribution in [3.8, 4) is 0 Å². The molecule has 2 aliphatic rings. The first-order valence-electron chi connectivity index (χ1n) is 9.66.